The molecule has 0 aliphatic carbocycles. The van der Waals surface area contributed by atoms with Crippen molar-refractivity contribution in [2.45, 2.75) is 45.9 Å². The Morgan fingerprint density at radius 3 is 2.39 bits per heavy atom. The van der Waals surface area contributed by atoms with Gasteiger partial charge in [-0.05, 0) is 45.4 Å². The second-order valence-electron chi connectivity index (χ2n) is 6.95. The number of carbonyl (C=O) groups is 1. The van der Waals surface area contributed by atoms with E-state index in [-0.39, 0.29) is 12.1 Å². The van der Waals surface area contributed by atoms with Gasteiger partial charge in [-0.2, -0.15) is 0 Å². The van der Waals surface area contributed by atoms with Crippen LogP contribution < -0.4 is 0 Å². The van der Waals surface area contributed by atoms with E-state index < -0.39 is 5.60 Å². The van der Waals surface area contributed by atoms with Crippen molar-refractivity contribution in [2.24, 2.45) is 0 Å². The van der Waals surface area contributed by atoms with E-state index in [4.69, 9.17) is 4.74 Å². The van der Waals surface area contributed by atoms with E-state index in [9.17, 15) is 4.79 Å². The fourth-order valence-corrected chi connectivity index (χ4v) is 3.86. The average Bonchev–Trinajstić information content (AvgIpc) is 2.42. The van der Waals surface area contributed by atoms with Gasteiger partial charge in [-0.1, -0.05) is 37.9 Å². The van der Waals surface area contributed by atoms with E-state index in [1.807, 2.05) is 31.7 Å². The van der Waals surface area contributed by atoms with Crippen LogP contribution in [0.4, 0.5) is 4.79 Å². The second-order valence-corrected chi connectivity index (χ2v) is 8.65. The fourth-order valence-electron chi connectivity index (χ4n) is 2.61. The highest BCUT2D eigenvalue weighted by Gasteiger charge is 2.30. The van der Waals surface area contributed by atoms with Crippen molar-refractivity contribution in [3.05, 3.63) is 32.7 Å². The number of benzene rings is 1. The molecule has 23 heavy (non-hydrogen) atoms. The SMILES string of the molecule is C[C@H]1CN(C(=O)OC(C)(C)C)CCN1Cc1c(Br)cccc1Br. The van der Waals surface area contributed by atoms with Gasteiger partial charge in [0.1, 0.15) is 5.60 Å². The summed E-state index contributed by atoms with van der Waals surface area (Å²) in [6.07, 6.45) is -0.217. The number of halogens is 2. The summed E-state index contributed by atoms with van der Waals surface area (Å²) in [6, 6.07) is 6.42. The van der Waals surface area contributed by atoms with Crippen LogP contribution in [0.1, 0.15) is 33.3 Å². The highest BCUT2D eigenvalue weighted by atomic mass is 79.9. The van der Waals surface area contributed by atoms with Crippen LogP contribution in [0, 0.1) is 0 Å². The van der Waals surface area contributed by atoms with Crippen molar-refractivity contribution in [2.75, 3.05) is 19.6 Å². The number of carbonyl (C=O) groups excluding carboxylic acids is 1. The summed E-state index contributed by atoms with van der Waals surface area (Å²) < 4.78 is 7.68. The summed E-state index contributed by atoms with van der Waals surface area (Å²) in [5, 5.41) is 0. The van der Waals surface area contributed by atoms with Crippen molar-refractivity contribution in [1.82, 2.24) is 9.80 Å². The van der Waals surface area contributed by atoms with Crippen LogP contribution in [-0.4, -0.2) is 47.2 Å². The monoisotopic (exact) mass is 446 g/mol. The van der Waals surface area contributed by atoms with Crippen molar-refractivity contribution in [3.8, 4) is 0 Å². The molecule has 1 aromatic rings. The molecule has 0 radical (unpaired) electrons. The van der Waals surface area contributed by atoms with E-state index in [1.165, 1.54) is 5.56 Å². The number of ether oxygens (including phenoxy) is 1. The lowest BCUT2D eigenvalue weighted by Crippen LogP contribution is -2.54. The van der Waals surface area contributed by atoms with E-state index in [0.29, 0.717) is 13.1 Å². The molecule has 1 aliphatic rings. The Bertz CT molecular complexity index is 552. The lowest BCUT2D eigenvalue weighted by Gasteiger charge is -2.40. The molecule has 0 saturated carbocycles. The molecule has 1 heterocycles. The third-order valence-corrected chi connectivity index (χ3v) is 5.33. The Morgan fingerprint density at radius 2 is 1.87 bits per heavy atom. The van der Waals surface area contributed by atoms with Crippen LogP contribution in [0.25, 0.3) is 0 Å². The molecule has 6 heteroatoms. The number of amides is 1. The van der Waals surface area contributed by atoms with Gasteiger partial charge in [-0.15, -0.1) is 0 Å². The van der Waals surface area contributed by atoms with Crippen molar-refractivity contribution in [1.29, 1.82) is 0 Å². The molecule has 4 nitrogen and oxygen atoms in total. The first-order valence-electron chi connectivity index (χ1n) is 7.82. The molecule has 1 atom stereocenters. The smallest absolute Gasteiger partial charge is 0.410 e. The van der Waals surface area contributed by atoms with Gasteiger partial charge in [-0.3, -0.25) is 4.90 Å². The van der Waals surface area contributed by atoms with Crippen LogP contribution in [0.15, 0.2) is 27.1 Å². The predicted octanol–water partition coefficient (Wildman–Crippen LogP) is 4.65. The van der Waals surface area contributed by atoms with E-state index in [1.54, 1.807) is 0 Å². The first kappa shape index (κ1) is 18.7. The van der Waals surface area contributed by atoms with Gasteiger partial charge in [-0.25, -0.2) is 4.79 Å². The molecule has 128 valence electrons. The number of hydrogen-bond donors (Lipinski definition) is 0. The standard InChI is InChI=1S/C17H24Br2N2O2/c1-12-10-21(16(22)23-17(2,3)4)9-8-20(12)11-13-14(18)6-5-7-15(13)19/h5-7,12H,8-11H2,1-4H3/t12-/m0/s1. The molecule has 1 aliphatic heterocycles. The Kier molecular flexibility index (Phi) is 6.14. The molecule has 0 bridgehead atoms. The molecule has 0 N–H and O–H groups in total. The maximum atomic E-state index is 12.2. The third-order valence-electron chi connectivity index (χ3n) is 3.84. The molecule has 1 saturated heterocycles. The Hall–Kier alpha value is -0.590. The summed E-state index contributed by atoms with van der Waals surface area (Å²) in [5.41, 5.74) is 0.794. The van der Waals surface area contributed by atoms with Crippen molar-refractivity contribution >= 4 is 38.0 Å². The first-order valence-corrected chi connectivity index (χ1v) is 9.41. The maximum Gasteiger partial charge on any atom is 0.410 e. The molecule has 0 unspecified atom stereocenters. The number of piperazine rings is 1. The molecule has 1 fully saturated rings. The van der Waals surface area contributed by atoms with Crippen LogP contribution in [0.2, 0.25) is 0 Å². The summed E-state index contributed by atoms with van der Waals surface area (Å²) >= 11 is 7.24. The number of hydrogen-bond acceptors (Lipinski definition) is 3. The van der Waals surface area contributed by atoms with Crippen molar-refractivity contribution in [3.63, 3.8) is 0 Å². The zero-order valence-corrected chi connectivity index (χ0v) is 17.3. The molecular weight excluding hydrogens is 424 g/mol. The molecule has 0 aromatic heterocycles. The van der Waals surface area contributed by atoms with E-state index in [0.717, 1.165) is 22.0 Å². The fraction of sp³-hybridized carbons (Fsp3) is 0.588. The summed E-state index contributed by atoms with van der Waals surface area (Å²) in [4.78, 5) is 16.4. The van der Waals surface area contributed by atoms with E-state index >= 15 is 0 Å². The van der Waals surface area contributed by atoms with Gasteiger partial charge in [0.05, 0.1) is 0 Å². The number of rotatable bonds is 2. The molecule has 1 amide bonds. The topological polar surface area (TPSA) is 32.8 Å². The highest BCUT2D eigenvalue weighted by molar-refractivity contribution is 9.11. The van der Waals surface area contributed by atoms with E-state index in [2.05, 4.69) is 55.8 Å². The Labute approximate surface area is 155 Å². The second kappa shape index (κ2) is 7.53. The van der Waals surface area contributed by atoms with Gasteiger partial charge >= 0.3 is 6.09 Å². The van der Waals surface area contributed by atoms with Crippen LogP contribution >= 0.6 is 31.9 Å². The summed E-state index contributed by atoms with van der Waals surface area (Å²) in [5.74, 6) is 0. The summed E-state index contributed by atoms with van der Waals surface area (Å²) in [6.45, 7) is 10.9. The average molecular weight is 448 g/mol. The summed E-state index contributed by atoms with van der Waals surface area (Å²) in [7, 11) is 0. The molecular formula is C17H24Br2N2O2. The van der Waals surface area contributed by atoms with Gasteiger partial charge in [0, 0.05) is 41.2 Å². The van der Waals surface area contributed by atoms with Crippen LogP contribution in [-0.2, 0) is 11.3 Å². The first-order chi connectivity index (χ1) is 10.7. The highest BCUT2D eigenvalue weighted by Crippen LogP contribution is 2.28. The minimum Gasteiger partial charge on any atom is -0.444 e. The van der Waals surface area contributed by atoms with Gasteiger partial charge in [0.15, 0.2) is 0 Å². The van der Waals surface area contributed by atoms with Gasteiger partial charge in [0.2, 0.25) is 0 Å². The van der Waals surface area contributed by atoms with Gasteiger partial charge < -0.3 is 9.64 Å². The Morgan fingerprint density at radius 1 is 1.26 bits per heavy atom. The van der Waals surface area contributed by atoms with Crippen LogP contribution in [0.3, 0.4) is 0 Å². The van der Waals surface area contributed by atoms with Crippen LogP contribution in [0.5, 0.6) is 0 Å². The minimum atomic E-state index is -0.447. The Balaban J connectivity index is 1.98. The number of nitrogens with zero attached hydrogens (tertiary/aromatic N) is 2. The molecule has 2 rings (SSSR count). The van der Waals surface area contributed by atoms with Crippen molar-refractivity contribution < 1.29 is 9.53 Å². The quantitative estimate of drug-likeness (QED) is 0.661. The zero-order valence-electron chi connectivity index (χ0n) is 14.1. The lowest BCUT2D eigenvalue weighted by atomic mass is 10.1. The maximum absolute atomic E-state index is 12.2. The molecule has 0 spiro atoms. The third kappa shape index (κ3) is 5.19. The predicted molar refractivity (Wildman–Crippen MR) is 99.5 cm³/mol. The lowest BCUT2D eigenvalue weighted by molar-refractivity contribution is 0.00455. The minimum absolute atomic E-state index is 0.217. The largest absolute Gasteiger partial charge is 0.444 e. The molecule has 1 aromatic carbocycles. The van der Waals surface area contributed by atoms with Gasteiger partial charge in [0.25, 0.3) is 0 Å². The normalized spacial score (nSPS) is 19.7. The zero-order chi connectivity index (χ0) is 17.2.